The molecule has 1 atom stereocenters. The van der Waals surface area contributed by atoms with Crippen molar-refractivity contribution in [2.45, 2.75) is 27.2 Å². The van der Waals surface area contributed by atoms with Crippen LogP contribution in [0.15, 0.2) is 22.7 Å². The largest absolute Gasteiger partial charge is 0.478 e. The van der Waals surface area contributed by atoms with Crippen LogP contribution >= 0.6 is 15.9 Å². The van der Waals surface area contributed by atoms with Gasteiger partial charge in [-0.3, -0.25) is 9.59 Å². The first-order valence-electron chi connectivity index (χ1n) is 6.58. The fourth-order valence-corrected chi connectivity index (χ4v) is 2.77. The summed E-state index contributed by atoms with van der Waals surface area (Å²) in [6.07, 6.45) is 0.0959. The molecule has 1 aromatic carbocycles. The van der Waals surface area contributed by atoms with E-state index in [0.717, 1.165) is 4.90 Å². The molecular formula is C15H16BrNO4. The maximum atomic E-state index is 12.6. The van der Waals surface area contributed by atoms with Gasteiger partial charge in [-0.15, -0.1) is 0 Å². The number of hydrogen-bond donors (Lipinski definition) is 1. The average Bonchev–Trinajstić information content (AvgIpc) is 2.62. The normalized spacial score (nSPS) is 22.2. The molecule has 2 amide bonds. The highest BCUT2D eigenvalue weighted by atomic mass is 79.9. The number of carbonyl (C=O) groups is 3. The predicted octanol–water partition coefficient (Wildman–Crippen LogP) is 3.07. The van der Waals surface area contributed by atoms with E-state index in [2.05, 4.69) is 15.9 Å². The third-order valence-corrected chi connectivity index (χ3v) is 4.66. The van der Waals surface area contributed by atoms with Crippen molar-refractivity contribution >= 4 is 39.4 Å². The van der Waals surface area contributed by atoms with Crippen LogP contribution in [0.3, 0.4) is 0 Å². The molecule has 0 radical (unpaired) electrons. The van der Waals surface area contributed by atoms with Gasteiger partial charge >= 0.3 is 5.97 Å². The molecular weight excluding hydrogens is 338 g/mol. The molecule has 0 aliphatic carbocycles. The third-order valence-electron chi connectivity index (χ3n) is 4.16. The number of carbonyl (C=O) groups excluding carboxylic acids is 2. The van der Waals surface area contributed by atoms with Gasteiger partial charge in [0.2, 0.25) is 11.8 Å². The SMILES string of the molecule is CC(C)C1(C)CC(=O)N(c2ccc(Br)cc2C(=O)O)C1=O. The molecule has 0 aromatic heterocycles. The van der Waals surface area contributed by atoms with E-state index in [9.17, 15) is 19.5 Å². The molecule has 0 saturated carbocycles. The molecule has 0 spiro atoms. The lowest BCUT2D eigenvalue weighted by atomic mass is 9.78. The lowest BCUT2D eigenvalue weighted by Gasteiger charge is -2.26. The van der Waals surface area contributed by atoms with E-state index in [1.165, 1.54) is 12.1 Å². The van der Waals surface area contributed by atoms with Crippen LogP contribution < -0.4 is 4.90 Å². The van der Waals surface area contributed by atoms with Crippen LogP contribution in [-0.4, -0.2) is 22.9 Å². The highest BCUT2D eigenvalue weighted by Gasteiger charge is 2.51. The predicted molar refractivity (Wildman–Crippen MR) is 81.2 cm³/mol. The Hall–Kier alpha value is -1.69. The quantitative estimate of drug-likeness (QED) is 0.847. The second-order valence-electron chi connectivity index (χ2n) is 5.75. The van der Waals surface area contributed by atoms with E-state index in [1.54, 1.807) is 13.0 Å². The molecule has 112 valence electrons. The van der Waals surface area contributed by atoms with Gasteiger partial charge in [-0.05, 0) is 31.0 Å². The number of carboxylic acids is 1. The van der Waals surface area contributed by atoms with Crippen LogP contribution in [0.4, 0.5) is 5.69 Å². The van der Waals surface area contributed by atoms with Gasteiger partial charge < -0.3 is 5.11 Å². The van der Waals surface area contributed by atoms with Crippen molar-refractivity contribution in [3.63, 3.8) is 0 Å². The summed E-state index contributed by atoms with van der Waals surface area (Å²) in [6, 6.07) is 4.49. The van der Waals surface area contributed by atoms with E-state index in [4.69, 9.17) is 0 Å². The van der Waals surface area contributed by atoms with Crippen molar-refractivity contribution in [1.82, 2.24) is 0 Å². The lowest BCUT2D eigenvalue weighted by Crippen LogP contribution is -2.37. The van der Waals surface area contributed by atoms with Gasteiger partial charge in [-0.1, -0.05) is 29.8 Å². The molecule has 1 aliphatic heterocycles. The minimum atomic E-state index is -1.18. The van der Waals surface area contributed by atoms with Crippen LogP contribution in [0.2, 0.25) is 0 Å². The van der Waals surface area contributed by atoms with Crippen LogP contribution in [-0.2, 0) is 9.59 Å². The molecule has 5 nitrogen and oxygen atoms in total. The molecule has 0 bridgehead atoms. The number of rotatable bonds is 3. The Bertz CT molecular complexity index is 641. The summed E-state index contributed by atoms with van der Waals surface area (Å²) in [7, 11) is 0. The molecule has 1 N–H and O–H groups in total. The van der Waals surface area contributed by atoms with Gasteiger partial charge in [0.1, 0.15) is 0 Å². The Morgan fingerprint density at radius 1 is 1.38 bits per heavy atom. The number of hydrogen-bond acceptors (Lipinski definition) is 3. The highest BCUT2D eigenvalue weighted by molar-refractivity contribution is 9.10. The number of halogens is 1. The number of nitrogens with zero attached hydrogens (tertiary/aromatic N) is 1. The Morgan fingerprint density at radius 3 is 2.48 bits per heavy atom. The van der Waals surface area contributed by atoms with Crippen molar-refractivity contribution in [2.75, 3.05) is 4.90 Å². The van der Waals surface area contributed by atoms with Gasteiger partial charge in [0.25, 0.3) is 0 Å². The van der Waals surface area contributed by atoms with E-state index in [-0.39, 0.29) is 35.4 Å². The smallest absolute Gasteiger partial charge is 0.337 e. The van der Waals surface area contributed by atoms with Crippen LogP contribution in [0.1, 0.15) is 37.6 Å². The monoisotopic (exact) mass is 353 g/mol. The lowest BCUT2D eigenvalue weighted by molar-refractivity contribution is -0.126. The molecule has 1 heterocycles. The first-order valence-corrected chi connectivity index (χ1v) is 7.38. The van der Waals surface area contributed by atoms with Crippen LogP contribution in [0.5, 0.6) is 0 Å². The summed E-state index contributed by atoms with van der Waals surface area (Å²) < 4.78 is 0.578. The van der Waals surface area contributed by atoms with Crippen LogP contribution in [0.25, 0.3) is 0 Å². The first kappa shape index (κ1) is 15.7. The zero-order chi connectivity index (χ0) is 15.9. The maximum Gasteiger partial charge on any atom is 0.337 e. The van der Waals surface area contributed by atoms with Crippen LogP contribution in [0, 0.1) is 11.3 Å². The maximum absolute atomic E-state index is 12.6. The standard InChI is InChI=1S/C15H16BrNO4/c1-8(2)15(3)7-12(18)17(14(15)21)11-5-4-9(16)6-10(11)13(19)20/h4-6,8H,7H2,1-3H3,(H,19,20). The van der Waals surface area contributed by atoms with Gasteiger partial charge in [0, 0.05) is 10.9 Å². The van der Waals surface area contributed by atoms with Gasteiger partial charge in [-0.25, -0.2) is 9.69 Å². The number of benzene rings is 1. The second-order valence-corrected chi connectivity index (χ2v) is 6.67. The van der Waals surface area contributed by atoms with E-state index < -0.39 is 11.4 Å². The Labute approximate surface area is 131 Å². The summed E-state index contributed by atoms with van der Waals surface area (Å²) in [5, 5.41) is 9.29. The number of aromatic carboxylic acids is 1. The Balaban J connectivity index is 2.56. The van der Waals surface area contributed by atoms with Crippen molar-refractivity contribution in [3.8, 4) is 0 Å². The molecule has 1 unspecified atom stereocenters. The summed E-state index contributed by atoms with van der Waals surface area (Å²) in [4.78, 5) is 37.3. The van der Waals surface area contributed by atoms with Crippen molar-refractivity contribution < 1.29 is 19.5 Å². The third kappa shape index (κ3) is 2.48. The zero-order valence-corrected chi connectivity index (χ0v) is 13.6. The summed E-state index contributed by atoms with van der Waals surface area (Å²) in [6.45, 7) is 5.51. The molecule has 2 rings (SSSR count). The van der Waals surface area contributed by atoms with Crippen molar-refractivity contribution in [2.24, 2.45) is 11.3 Å². The van der Waals surface area contributed by atoms with Gasteiger partial charge in [-0.2, -0.15) is 0 Å². The minimum Gasteiger partial charge on any atom is -0.478 e. The topological polar surface area (TPSA) is 74.7 Å². The fraction of sp³-hybridized carbons (Fsp3) is 0.400. The van der Waals surface area contributed by atoms with E-state index >= 15 is 0 Å². The number of imide groups is 1. The Kier molecular flexibility index (Phi) is 3.93. The summed E-state index contributed by atoms with van der Waals surface area (Å²) >= 11 is 3.20. The fourth-order valence-electron chi connectivity index (χ4n) is 2.41. The van der Waals surface area contributed by atoms with Crippen molar-refractivity contribution in [3.05, 3.63) is 28.2 Å². The summed E-state index contributed by atoms with van der Waals surface area (Å²) in [5.74, 6) is -1.89. The number of anilines is 1. The molecule has 1 aromatic rings. The number of amides is 2. The average molecular weight is 354 g/mol. The number of carboxylic acid groups (broad SMARTS) is 1. The second kappa shape index (κ2) is 5.26. The molecule has 1 aliphatic rings. The molecule has 6 heteroatoms. The molecule has 1 saturated heterocycles. The van der Waals surface area contributed by atoms with Crippen molar-refractivity contribution in [1.29, 1.82) is 0 Å². The van der Waals surface area contributed by atoms with Gasteiger partial charge in [0.15, 0.2) is 0 Å². The molecule has 1 fully saturated rings. The Morgan fingerprint density at radius 2 is 2.00 bits per heavy atom. The molecule has 21 heavy (non-hydrogen) atoms. The van der Waals surface area contributed by atoms with Gasteiger partial charge in [0.05, 0.1) is 16.7 Å². The van der Waals surface area contributed by atoms with E-state index in [0.29, 0.717) is 4.47 Å². The summed E-state index contributed by atoms with van der Waals surface area (Å²) in [5.41, 5.74) is -0.732. The van der Waals surface area contributed by atoms with E-state index in [1.807, 2.05) is 13.8 Å². The highest BCUT2D eigenvalue weighted by Crippen LogP contribution is 2.42. The first-order chi connectivity index (χ1) is 9.68. The zero-order valence-electron chi connectivity index (χ0n) is 12.0. The minimum absolute atomic E-state index is 0.0114.